The Morgan fingerprint density at radius 1 is 1.11 bits per heavy atom. The van der Waals surface area contributed by atoms with E-state index in [1.165, 1.54) is 5.56 Å². The number of carbonyl (C=O) groups is 1. The summed E-state index contributed by atoms with van der Waals surface area (Å²) in [5.74, 6) is 1.34. The lowest BCUT2D eigenvalue weighted by molar-refractivity contribution is 0.0592. The predicted octanol–water partition coefficient (Wildman–Crippen LogP) is 4.54. The van der Waals surface area contributed by atoms with Gasteiger partial charge in [0.25, 0.3) is 5.91 Å². The van der Waals surface area contributed by atoms with Gasteiger partial charge in [-0.05, 0) is 56.0 Å². The van der Waals surface area contributed by atoms with E-state index in [0.717, 1.165) is 50.2 Å². The number of para-hydroxylation sites is 1. The molecule has 184 valence electrons. The van der Waals surface area contributed by atoms with Crippen LogP contribution in [0.25, 0.3) is 6.08 Å². The van der Waals surface area contributed by atoms with E-state index in [2.05, 4.69) is 52.5 Å². The number of ether oxygens (including phenoxy) is 1. The fourth-order valence-corrected chi connectivity index (χ4v) is 4.99. The van der Waals surface area contributed by atoms with Gasteiger partial charge in [0.05, 0.1) is 7.11 Å². The molecular weight excluding hydrogens is 436 g/mol. The van der Waals surface area contributed by atoms with E-state index in [4.69, 9.17) is 4.74 Å². The lowest BCUT2D eigenvalue weighted by atomic mass is 9.85. The van der Waals surface area contributed by atoms with E-state index >= 15 is 0 Å². The normalized spacial score (nSPS) is 15.9. The first-order chi connectivity index (χ1) is 17.0. The van der Waals surface area contributed by atoms with Gasteiger partial charge < -0.3 is 9.64 Å². The molecule has 35 heavy (non-hydrogen) atoms. The minimum Gasteiger partial charge on any atom is -0.496 e. The highest BCUT2D eigenvalue weighted by atomic mass is 16.5. The van der Waals surface area contributed by atoms with Crippen LogP contribution in [-0.4, -0.2) is 65.3 Å². The Hall–Kier alpha value is -3.38. The van der Waals surface area contributed by atoms with Gasteiger partial charge >= 0.3 is 0 Å². The van der Waals surface area contributed by atoms with Crippen LogP contribution in [0.5, 0.6) is 5.75 Å². The summed E-state index contributed by atoms with van der Waals surface area (Å²) < 4.78 is 7.13. The van der Waals surface area contributed by atoms with Crippen LogP contribution in [0.4, 0.5) is 0 Å². The van der Waals surface area contributed by atoms with Gasteiger partial charge in [0, 0.05) is 38.4 Å². The van der Waals surface area contributed by atoms with Crippen LogP contribution >= 0.6 is 0 Å². The Bertz CT molecular complexity index is 1120. The lowest BCUT2D eigenvalue weighted by Gasteiger charge is -2.39. The molecule has 1 fully saturated rings. The van der Waals surface area contributed by atoms with Gasteiger partial charge in [0.2, 0.25) is 0 Å². The van der Waals surface area contributed by atoms with Gasteiger partial charge in [-0.25, -0.2) is 0 Å². The van der Waals surface area contributed by atoms with Gasteiger partial charge in [-0.2, -0.15) is 5.10 Å². The van der Waals surface area contributed by atoms with E-state index < -0.39 is 0 Å². The summed E-state index contributed by atoms with van der Waals surface area (Å²) in [6.07, 6.45) is 9.18. The van der Waals surface area contributed by atoms with Crippen molar-refractivity contribution >= 4 is 12.0 Å². The van der Waals surface area contributed by atoms with Crippen molar-refractivity contribution in [2.45, 2.75) is 25.3 Å². The fraction of sp³-hybridized carbons (Fsp3) is 0.379. The molecule has 4 rings (SSSR count). The summed E-state index contributed by atoms with van der Waals surface area (Å²) >= 11 is 0. The molecule has 1 amide bonds. The first-order valence-corrected chi connectivity index (χ1v) is 12.4. The topological polar surface area (TPSA) is 50.6 Å². The second-order valence-corrected chi connectivity index (χ2v) is 9.33. The highest BCUT2D eigenvalue weighted by Gasteiger charge is 2.32. The molecule has 0 radical (unpaired) electrons. The number of likely N-dealkylation sites (tertiary alicyclic amines) is 1. The maximum Gasteiger partial charge on any atom is 0.274 e. The second-order valence-electron chi connectivity index (χ2n) is 9.33. The number of benzene rings is 2. The number of piperidine rings is 1. The smallest absolute Gasteiger partial charge is 0.274 e. The number of rotatable bonds is 9. The minimum absolute atomic E-state index is 0.00583. The summed E-state index contributed by atoms with van der Waals surface area (Å²) in [5.41, 5.74) is 2.87. The zero-order chi connectivity index (χ0) is 24.6. The number of amides is 1. The molecule has 0 aliphatic carbocycles. The number of likely N-dealkylation sites (N-methyl/N-ethyl adjacent to an activating group) is 1. The molecule has 6 heteroatoms. The standard InChI is InChI=1S/C29H36N4O2/c1-31-19-17-26(30-31)29(34)32(2)27(22-23-10-5-4-6-11-23)24-15-20-33(21-16-24)18-9-13-25-12-7-8-14-28(25)35-3/h4-14,17,19,24,27H,15-16,18,20-22H2,1-3H3/b13-9+. The molecule has 6 nitrogen and oxygen atoms in total. The van der Waals surface area contributed by atoms with E-state index in [1.807, 2.05) is 49.5 Å². The average molecular weight is 473 g/mol. The molecule has 0 bridgehead atoms. The van der Waals surface area contributed by atoms with Gasteiger partial charge in [-0.3, -0.25) is 14.4 Å². The SMILES string of the molecule is COc1ccccc1/C=C/CN1CCC(C(Cc2ccccc2)N(C)C(=O)c2ccn(C)n2)CC1. The summed E-state index contributed by atoms with van der Waals surface area (Å²) in [4.78, 5) is 17.7. The quantitative estimate of drug-likeness (QED) is 0.459. The van der Waals surface area contributed by atoms with Crippen molar-refractivity contribution in [1.29, 1.82) is 0 Å². The zero-order valence-corrected chi connectivity index (χ0v) is 21.0. The number of nitrogens with zero attached hydrogens (tertiary/aromatic N) is 4. The van der Waals surface area contributed by atoms with Crippen molar-refractivity contribution in [3.05, 3.63) is 89.8 Å². The number of hydrogen-bond donors (Lipinski definition) is 0. The van der Waals surface area contributed by atoms with Crippen LogP contribution in [0.15, 0.2) is 72.9 Å². The number of aromatic nitrogens is 2. The van der Waals surface area contributed by atoms with E-state index in [1.54, 1.807) is 17.9 Å². The monoisotopic (exact) mass is 472 g/mol. The first-order valence-electron chi connectivity index (χ1n) is 12.4. The molecule has 1 unspecified atom stereocenters. The average Bonchev–Trinajstić information content (AvgIpc) is 3.34. The molecule has 1 aliphatic rings. The van der Waals surface area contributed by atoms with Crippen LogP contribution in [0.1, 0.15) is 34.5 Å². The summed E-state index contributed by atoms with van der Waals surface area (Å²) in [7, 11) is 5.49. The molecule has 0 saturated carbocycles. The largest absolute Gasteiger partial charge is 0.496 e. The van der Waals surface area contributed by atoms with E-state index in [-0.39, 0.29) is 11.9 Å². The Morgan fingerprint density at radius 2 is 1.83 bits per heavy atom. The third kappa shape index (κ3) is 6.40. The molecular formula is C29H36N4O2. The van der Waals surface area contributed by atoms with E-state index in [9.17, 15) is 4.79 Å². The highest BCUT2D eigenvalue weighted by Crippen LogP contribution is 2.27. The molecule has 2 aromatic carbocycles. The molecule has 1 aromatic heterocycles. The molecule has 0 N–H and O–H groups in total. The van der Waals surface area contributed by atoms with Crippen molar-refractivity contribution in [2.75, 3.05) is 33.8 Å². The molecule has 1 atom stereocenters. The predicted molar refractivity (Wildman–Crippen MR) is 140 cm³/mol. The van der Waals surface area contributed by atoms with Gasteiger partial charge in [-0.1, -0.05) is 60.7 Å². The van der Waals surface area contributed by atoms with Gasteiger partial charge in [0.15, 0.2) is 0 Å². The van der Waals surface area contributed by atoms with Crippen molar-refractivity contribution < 1.29 is 9.53 Å². The Balaban J connectivity index is 1.40. The van der Waals surface area contributed by atoms with Crippen LogP contribution in [0.2, 0.25) is 0 Å². The third-order valence-corrected chi connectivity index (χ3v) is 7.01. The Labute approximate surface area is 208 Å². The molecule has 1 saturated heterocycles. The van der Waals surface area contributed by atoms with Crippen LogP contribution in [0, 0.1) is 5.92 Å². The van der Waals surface area contributed by atoms with Gasteiger partial charge in [-0.15, -0.1) is 0 Å². The number of aryl methyl sites for hydroxylation is 1. The summed E-state index contributed by atoms with van der Waals surface area (Å²) in [6.45, 7) is 2.96. The molecule has 0 spiro atoms. The molecule has 2 heterocycles. The van der Waals surface area contributed by atoms with Crippen LogP contribution in [0.3, 0.4) is 0 Å². The number of carbonyl (C=O) groups excluding carboxylic acids is 1. The van der Waals surface area contributed by atoms with Crippen LogP contribution < -0.4 is 4.74 Å². The molecule has 3 aromatic rings. The maximum absolute atomic E-state index is 13.2. The van der Waals surface area contributed by atoms with Crippen molar-refractivity contribution in [3.8, 4) is 5.75 Å². The maximum atomic E-state index is 13.2. The lowest BCUT2D eigenvalue weighted by Crippen LogP contribution is -2.47. The summed E-state index contributed by atoms with van der Waals surface area (Å²) in [6, 6.07) is 20.5. The van der Waals surface area contributed by atoms with Crippen molar-refractivity contribution in [1.82, 2.24) is 19.6 Å². The minimum atomic E-state index is -0.00583. The second kappa shape index (κ2) is 11.8. The fourth-order valence-electron chi connectivity index (χ4n) is 4.99. The van der Waals surface area contributed by atoms with Crippen molar-refractivity contribution in [2.24, 2.45) is 13.0 Å². The first kappa shape index (κ1) is 24.7. The van der Waals surface area contributed by atoms with Crippen molar-refractivity contribution in [3.63, 3.8) is 0 Å². The van der Waals surface area contributed by atoms with Gasteiger partial charge in [0.1, 0.15) is 11.4 Å². The third-order valence-electron chi connectivity index (χ3n) is 7.01. The van der Waals surface area contributed by atoms with Crippen LogP contribution in [-0.2, 0) is 13.5 Å². The Kier molecular flexibility index (Phi) is 8.37. The summed E-state index contributed by atoms with van der Waals surface area (Å²) in [5, 5.41) is 4.35. The van der Waals surface area contributed by atoms with E-state index in [0.29, 0.717) is 11.6 Å². The zero-order valence-electron chi connectivity index (χ0n) is 21.0. The Morgan fingerprint density at radius 3 is 2.51 bits per heavy atom. The molecule has 1 aliphatic heterocycles. The highest BCUT2D eigenvalue weighted by molar-refractivity contribution is 5.92. The number of hydrogen-bond acceptors (Lipinski definition) is 4. The number of methoxy groups -OCH3 is 1.